The fraction of sp³-hybridized carbons (Fsp3) is 0.438. The van der Waals surface area contributed by atoms with Crippen LogP contribution in [-0.4, -0.2) is 42.0 Å². The van der Waals surface area contributed by atoms with Gasteiger partial charge in [-0.3, -0.25) is 4.79 Å². The number of nitrogens with two attached hydrogens (primary N) is 1. The Morgan fingerprint density at radius 1 is 1.33 bits per heavy atom. The first-order valence-electron chi connectivity index (χ1n) is 7.52. The highest BCUT2D eigenvalue weighted by molar-refractivity contribution is 6.07. The first kappa shape index (κ1) is 15.4. The van der Waals surface area contributed by atoms with E-state index in [0.29, 0.717) is 17.8 Å². The lowest BCUT2D eigenvalue weighted by atomic mass is 10.1. The molecule has 0 fully saturated rings. The number of nitrogens with zero attached hydrogens (tertiary/aromatic N) is 1. The van der Waals surface area contributed by atoms with Crippen molar-refractivity contribution in [3.63, 3.8) is 0 Å². The maximum Gasteiger partial charge on any atom is 0.253 e. The molecule has 0 unspecified atom stereocenters. The van der Waals surface area contributed by atoms with E-state index in [0.717, 1.165) is 37.0 Å². The Morgan fingerprint density at radius 3 is 2.86 bits per heavy atom. The van der Waals surface area contributed by atoms with Gasteiger partial charge in [0.05, 0.1) is 5.56 Å². The predicted octanol–water partition coefficient (Wildman–Crippen LogP) is 2.21. The number of amides is 1. The Balaban J connectivity index is 1.96. The number of hydrogen-bond donors (Lipinski definition) is 3. The third-order valence-electron chi connectivity index (χ3n) is 3.65. The Bertz CT molecular complexity index is 605. The zero-order valence-electron chi connectivity index (χ0n) is 12.8. The first-order chi connectivity index (χ1) is 10.2. The summed E-state index contributed by atoms with van der Waals surface area (Å²) in [6.45, 7) is 7.93. The van der Waals surface area contributed by atoms with Crippen LogP contribution in [0.2, 0.25) is 0 Å². The maximum atomic E-state index is 12.3. The monoisotopic (exact) mass is 288 g/mol. The Morgan fingerprint density at radius 2 is 2.14 bits per heavy atom. The summed E-state index contributed by atoms with van der Waals surface area (Å²) in [6, 6.07) is 5.53. The molecule has 2 aromatic rings. The fourth-order valence-electron chi connectivity index (χ4n) is 2.50. The lowest BCUT2D eigenvalue weighted by molar-refractivity contribution is 0.0950. The number of benzene rings is 1. The van der Waals surface area contributed by atoms with Crippen LogP contribution < -0.4 is 11.1 Å². The van der Waals surface area contributed by atoms with Crippen molar-refractivity contribution in [2.24, 2.45) is 0 Å². The van der Waals surface area contributed by atoms with Crippen molar-refractivity contribution < 1.29 is 4.79 Å². The number of rotatable bonds is 7. The van der Waals surface area contributed by atoms with Crippen LogP contribution in [0.15, 0.2) is 24.4 Å². The van der Waals surface area contributed by atoms with Gasteiger partial charge in [-0.15, -0.1) is 0 Å². The summed E-state index contributed by atoms with van der Waals surface area (Å²) in [7, 11) is 0. The summed E-state index contributed by atoms with van der Waals surface area (Å²) in [4.78, 5) is 17.7. The van der Waals surface area contributed by atoms with Crippen molar-refractivity contribution >= 4 is 22.5 Å². The van der Waals surface area contributed by atoms with Gasteiger partial charge < -0.3 is 20.9 Å². The summed E-state index contributed by atoms with van der Waals surface area (Å²) < 4.78 is 0. The summed E-state index contributed by atoms with van der Waals surface area (Å²) in [5, 5.41) is 3.89. The smallest absolute Gasteiger partial charge is 0.253 e. The van der Waals surface area contributed by atoms with Crippen LogP contribution in [0.5, 0.6) is 0 Å². The molecular weight excluding hydrogens is 264 g/mol. The molecule has 2 rings (SSSR count). The largest absolute Gasteiger partial charge is 0.399 e. The molecule has 0 atom stereocenters. The van der Waals surface area contributed by atoms with Crippen molar-refractivity contribution in [2.75, 3.05) is 31.9 Å². The summed E-state index contributed by atoms with van der Waals surface area (Å²) >= 11 is 0. The van der Waals surface area contributed by atoms with E-state index in [-0.39, 0.29) is 5.91 Å². The van der Waals surface area contributed by atoms with Gasteiger partial charge in [0.1, 0.15) is 0 Å². The van der Waals surface area contributed by atoms with E-state index in [1.165, 1.54) is 0 Å². The zero-order valence-corrected chi connectivity index (χ0v) is 12.8. The van der Waals surface area contributed by atoms with E-state index in [1.54, 1.807) is 6.20 Å². The number of H-pyrrole nitrogens is 1. The lowest BCUT2D eigenvalue weighted by Crippen LogP contribution is -2.35. The number of hydrogen-bond acceptors (Lipinski definition) is 3. The van der Waals surface area contributed by atoms with Gasteiger partial charge in [-0.25, -0.2) is 0 Å². The number of nitrogen functional groups attached to an aromatic ring is 1. The molecule has 0 radical (unpaired) electrons. The van der Waals surface area contributed by atoms with Crippen LogP contribution in [0, 0.1) is 0 Å². The second-order valence-electron chi connectivity index (χ2n) is 5.20. The Hall–Kier alpha value is -2.01. The third kappa shape index (κ3) is 3.76. The molecule has 0 aliphatic rings. The minimum absolute atomic E-state index is 0.0430. The quantitative estimate of drug-likeness (QED) is 0.684. The van der Waals surface area contributed by atoms with Gasteiger partial charge >= 0.3 is 0 Å². The molecule has 4 N–H and O–H groups in total. The van der Waals surface area contributed by atoms with Gasteiger partial charge in [-0.1, -0.05) is 13.8 Å². The van der Waals surface area contributed by atoms with E-state index < -0.39 is 0 Å². The van der Waals surface area contributed by atoms with Crippen LogP contribution in [0.25, 0.3) is 10.9 Å². The minimum atomic E-state index is -0.0430. The Labute approximate surface area is 125 Å². The summed E-state index contributed by atoms with van der Waals surface area (Å²) in [5.41, 5.74) is 7.99. The van der Waals surface area contributed by atoms with E-state index in [2.05, 4.69) is 29.0 Å². The van der Waals surface area contributed by atoms with Crippen LogP contribution >= 0.6 is 0 Å². The van der Waals surface area contributed by atoms with Gasteiger partial charge in [0, 0.05) is 35.9 Å². The number of carbonyl (C=O) groups is 1. The molecule has 0 bridgehead atoms. The molecule has 0 spiro atoms. The molecule has 5 nitrogen and oxygen atoms in total. The average Bonchev–Trinajstić information content (AvgIpc) is 2.89. The molecule has 5 heteroatoms. The number of carbonyl (C=O) groups excluding carboxylic acids is 1. The molecule has 1 aromatic heterocycles. The van der Waals surface area contributed by atoms with Crippen LogP contribution in [0.3, 0.4) is 0 Å². The van der Waals surface area contributed by atoms with Gasteiger partial charge in [0.15, 0.2) is 0 Å². The van der Waals surface area contributed by atoms with E-state index in [9.17, 15) is 4.79 Å². The first-order valence-corrected chi connectivity index (χ1v) is 7.52. The van der Waals surface area contributed by atoms with Gasteiger partial charge in [-0.2, -0.15) is 0 Å². The lowest BCUT2D eigenvalue weighted by Gasteiger charge is -2.19. The third-order valence-corrected chi connectivity index (χ3v) is 3.65. The number of anilines is 1. The topological polar surface area (TPSA) is 74.2 Å². The van der Waals surface area contributed by atoms with Crippen molar-refractivity contribution in [2.45, 2.75) is 20.3 Å². The average molecular weight is 288 g/mol. The minimum Gasteiger partial charge on any atom is -0.399 e. The van der Waals surface area contributed by atoms with Crippen LogP contribution in [0.4, 0.5) is 5.69 Å². The number of aromatic nitrogens is 1. The van der Waals surface area contributed by atoms with Gasteiger partial charge in [-0.05, 0) is 37.7 Å². The highest BCUT2D eigenvalue weighted by Crippen LogP contribution is 2.20. The molecule has 114 valence electrons. The highest BCUT2D eigenvalue weighted by Gasteiger charge is 2.12. The van der Waals surface area contributed by atoms with E-state index in [1.807, 2.05) is 18.2 Å². The molecule has 0 aliphatic carbocycles. The zero-order chi connectivity index (χ0) is 15.2. The molecule has 1 aromatic carbocycles. The van der Waals surface area contributed by atoms with E-state index >= 15 is 0 Å². The number of aromatic amines is 1. The van der Waals surface area contributed by atoms with Crippen molar-refractivity contribution in [1.82, 2.24) is 15.2 Å². The molecule has 0 saturated carbocycles. The molecule has 0 aliphatic heterocycles. The standard InChI is InChI=1S/C16H24N4O/c1-3-8-20(4-2)9-7-18-16(21)14-11-19-15-10-12(17)5-6-13(14)15/h5-6,10-11,19H,3-4,7-9,17H2,1-2H3,(H,18,21). The molecule has 1 heterocycles. The second kappa shape index (κ2) is 7.13. The molecular formula is C16H24N4O. The Kier molecular flexibility index (Phi) is 5.22. The van der Waals surface area contributed by atoms with Crippen molar-refractivity contribution in [3.8, 4) is 0 Å². The maximum absolute atomic E-state index is 12.3. The normalized spacial score (nSPS) is 11.2. The SMILES string of the molecule is CCCN(CC)CCNC(=O)c1c[nH]c2cc(N)ccc12. The highest BCUT2D eigenvalue weighted by atomic mass is 16.1. The summed E-state index contributed by atoms with van der Waals surface area (Å²) in [6.07, 6.45) is 2.87. The van der Waals surface area contributed by atoms with Crippen molar-refractivity contribution in [3.05, 3.63) is 30.0 Å². The molecule has 1 amide bonds. The fourth-order valence-corrected chi connectivity index (χ4v) is 2.50. The predicted molar refractivity (Wildman–Crippen MR) is 87.4 cm³/mol. The summed E-state index contributed by atoms with van der Waals surface area (Å²) in [5.74, 6) is -0.0430. The second-order valence-corrected chi connectivity index (χ2v) is 5.20. The number of nitrogens with one attached hydrogen (secondary N) is 2. The van der Waals surface area contributed by atoms with Gasteiger partial charge in [0.2, 0.25) is 0 Å². The number of fused-ring (bicyclic) bond motifs is 1. The number of likely N-dealkylation sites (N-methyl/N-ethyl adjacent to an activating group) is 1. The van der Waals surface area contributed by atoms with Crippen molar-refractivity contribution in [1.29, 1.82) is 0 Å². The molecule has 21 heavy (non-hydrogen) atoms. The van der Waals surface area contributed by atoms with Crippen LogP contribution in [0.1, 0.15) is 30.6 Å². The van der Waals surface area contributed by atoms with Crippen LogP contribution in [-0.2, 0) is 0 Å². The van der Waals surface area contributed by atoms with E-state index in [4.69, 9.17) is 5.73 Å². The van der Waals surface area contributed by atoms with Gasteiger partial charge in [0.25, 0.3) is 5.91 Å². The molecule has 0 saturated heterocycles.